The first-order valence-corrected chi connectivity index (χ1v) is 9.69. The predicted molar refractivity (Wildman–Crippen MR) is 116 cm³/mol. The second-order valence-corrected chi connectivity index (χ2v) is 7.35. The summed E-state index contributed by atoms with van der Waals surface area (Å²) in [6.45, 7) is 0. The van der Waals surface area contributed by atoms with Crippen LogP contribution in [0.25, 0.3) is 17.1 Å². The Kier molecular flexibility index (Phi) is 5.53. The molecule has 0 fully saturated rings. The average Bonchev–Trinajstić information content (AvgIpc) is 3.18. The Morgan fingerprint density at radius 2 is 1.59 bits per heavy atom. The zero-order valence-corrected chi connectivity index (χ0v) is 17.1. The van der Waals surface area contributed by atoms with Crippen LogP contribution in [0.5, 0.6) is 0 Å². The van der Waals surface area contributed by atoms with Crippen LogP contribution in [0.3, 0.4) is 0 Å². The van der Waals surface area contributed by atoms with E-state index in [4.69, 9.17) is 34.8 Å². The molecular weight excluding hydrogens is 431 g/mol. The first kappa shape index (κ1) is 19.5. The van der Waals surface area contributed by atoms with Gasteiger partial charge in [-0.05, 0) is 54.6 Å². The van der Waals surface area contributed by atoms with E-state index in [2.05, 4.69) is 15.4 Å². The monoisotopic (exact) mass is 442 g/mol. The molecule has 0 aliphatic heterocycles. The molecule has 0 bridgehead atoms. The summed E-state index contributed by atoms with van der Waals surface area (Å²) in [4.78, 5) is 17.2. The first-order valence-electron chi connectivity index (χ1n) is 8.56. The fourth-order valence-corrected chi connectivity index (χ4v) is 3.13. The van der Waals surface area contributed by atoms with E-state index in [0.29, 0.717) is 26.6 Å². The van der Waals surface area contributed by atoms with Gasteiger partial charge in [-0.15, -0.1) is 5.10 Å². The molecule has 5 nitrogen and oxygen atoms in total. The van der Waals surface area contributed by atoms with Crippen molar-refractivity contribution in [3.05, 3.63) is 93.7 Å². The largest absolute Gasteiger partial charge is 0.319 e. The highest BCUT2D eigenvalue weighted by atomic mass is 35.5. The second-order valence-electron chi connectivity index (χ2n) is 6.10. The number of nitrogens with one attached hydrogen (secondary N) is 1. The third-order valence-electron chi connectivity index (χ3n) is 4.09. The molecule has 4 rings (SSSR count). The molecule has 0 saturated carbocycles. The zero-order chi connectivity index (χ0) is 20.4. The molecule has 0 spiro atoms. The number of nitrogens with zero attached hydrogens (tertiary/aromatic N) is 3. The van der Waals surface area contributed by atoms with Crippen LogP contribution in [0.4, 0.5) is 5.69 Å². The van der Waals surface area contributed by atoms with Gasteiger partial charge < -0.3 is 5.32 Å². The van der Waals surface area contributed by atoms with Gasteiger partial charge in [0.25, 0.3) is 5.91 Å². The maximum atomic E-state index is 12.7. The van der Waals surface area contributed by atoms with Crippen LogP contribution < -0.4 is 5.32 Å². The summed E-state index contributed by atoms with van der Waals surface area (Å²) in [5.41, 5.74) is 2.05. The van der Waals surface area contributed by atoms with Crippen LogP contribution in [0.15, 0.2) is 72.8 Å². The van der Waals surface area contributed by atoms with Crippen molar-refractivity contribution in [2.45, 2.75) is 0 Å². The molecule has 0 atom stereocenters. The highest BCUT2D eigenvalue weighted by Gasteiger charge is 2.19. The summed E-state index contributed by atoms with van der Waals surface area (Å²) in [6.07, 6.45) is 0. The van der Waals surface area contributed by atoms with E-state index in [-0.39, 0.29) is 5.82 Å². The third kappa shape index (κ3) is 4.27. The molecular formula is C21H13Cl3N4O. The van der Waals surface area contributed by atoms with Gasteiger partial charge in [0.1, 0.15) is 0 Å². The maximum absolute atomic E-state index is 12.7. The summed E-state index contributed by atoms with van der Waals surface area (Å²) < 4.78 is 1.62. The molecule has 0 aliphatic rings. The number of halogens is 3. The molecule has 0 radical (unpaired) electrons. The number of aromatic nitrogens is 3. The van der Waals surface area contributed by atoms with Crippen molar-refractivity contribution in [3.8, 4) is 17.1 Å². The van der Waals surface area contributed by atoms with Gasteiger partial charge in [0.05, 0.1) is 15.7 Å². The molecule has 144 valence electrons. The quantitative estimate of drug-likeness (QED) is 0.412. The molecule has 1 heterocycles. The van der Waals surface area contributed by atoms with Crippen molar-refractivity contribution in [1.29, 1.82) is 0 Å². The van der Waals surface area contributed by atoms with Gasteiger partial charge in [0.15, 0.2) is 5.82 Å². The number of carbonyl (C=O) groups excluding carboxylic acids is 1. The lowest BCUT2D eigenvalue weighted by atomic mass is 10.2. The van der Waals surface area contributed by atoms with Gasteiger partial charge in [-0.25, -0.2) is 9.67 Å². The lowest BCUT2D eigenvalue weighted by molar-refractivity contribution is 0.101. The summed E-state index contributed by atoms with van der Waals surface area (Å²) in [6, 6.07) is 21.4. The third-order valence-corrected chi connectivity index (χ3v) is 5.08. The van der Waals surface area contributed by atoms with E-state index in [1.165, 1.54) is 0 Å². The summed E-state index contributed by atoms with van der Waals surface area (Å²) in [7, 11) is 0. The minimum absolute atomic E-state index is 0.0184. The molecule has 0 unspecified atom stereocenters. The minimum atomic E-state index is -0.465. The van der Waals surface area contributed by atoms with Crippen LogP contribution >= 0.6 is 34.8 Å². The van der Waals surface area contributed by atoms with Crippen LogP contribution in [0.1, 0.15) is 10.6 Å². The van der Waals surface area contributed by atoms with Crippen molar-refractivity contribution in [1.82, 2.24) is 14.8 Å². The molecule has 3 aromatic carbocycles. The van der Waals surface area contributed by atoms with E-state index >= 15 is 0 Å². The molecule has 1 N–H and O–H groups in total. The van der Waals surface area contributed by atoms with E-state index < -0.39 is 5.91 Å². The number of anilines is 1. The van der Waals surface area contributed by atoms with E-state index in [9.17, 15) is 4.79 Å². The van der Waals surface area contributed by atoms with E-state index in [1.54, 1.807) is 35.0 Å². The van der Waals surface area contributed by atoms with Gasteiger partial charge in [-0.3, -0.25) is 4.79 Å². The smallest absolute Gasteiger partial charge is 0.295 e. The average molecular weight is 444 g/mol. The molecule has 0 aliphatic carbocycles. The van der Waals surface area contributed by atoms with Gasteiger partial charge in [0.2, 0.25) is 5.82 Å². The van der Waals surface area contributed by atoms with Crippen LogP contribution in [0, 0.1) is 0 Å². The van der Waals surface area contributed by atoms with Crippen LogP contribution in [-0.2, 0) is 0 Å². The van der Waals surface area contributed by atoms with Crippen LogP contribution in [0.2, 0.25) is 15.1 Å². The molecule has 0 saturated heterocycles. The van der Waals surface area contributed by atoms with E-state index in [0.717, 1.165) is 11.3 Å². The number of hydrogen-bond donors (Lipinski definition) is 1. The van der Waals surface area contributed by atoms with Crippen molar-refractivity contribution in [2.24, 2.45) is 0 Å². The summed E-state index contributed by atoms with van der Waals surface area (Å²) >= 11 is 17.9. The lowest BCUT2D eigenvalue weighted by Gasteiger charge is -2.05. The number of carbonyl (C=O) groups is 1. The standard InChI is InChI=1S/C21H13Cl3N4O/c22-14-8-6-13(7-9-14)20-26-19(27-28(20)16-4-2-1-3-5-16)21(29)25-15-10-11-17(23)18(24)12-15/h1-12H,(H,25,29). The fraction of sp³-hybridized carbons (Fsp3) is 0. The highest BCUT2D eigenvalue weighted by Crippen LogP contribution is 2.26. The Hall–Kier alpha value is -2.86. The van der Waals surface area contributed by atoms with Crippen LogP contribution in [-0.4, -0.2) is 20.7 Å². The Morgan fingerprint density at radius 3 is 2.28 bits per heavy atom. The van der Waals surface area contributed by atoms with E-state index in [1.807, 2.05) is 42.5 Å². The molecule has 1 aromatic heterocycles. The summed E-state index contributed by atoms with van der Waals surface area (Å²) in [5.74, 6) is 0.0744. The lowest BCUT2D eigenvalue weighted by Crippen LogP contribution is -2.14. The number of benzene rings is 3. The fourth-order valence-electron chi connectivity index (χ4n) is 2.70. The molecule has 29 heavy (non-hydrogen) atoms. The maximum Gasteiger partial charge on any atom is 0.295 e. The van der Waals surface area contributed by atoms with Crippen molar-refractivity contribution >= 4 is 46.4 Å². The SMILES string of the molecule is O=C(Nc1ccc(Cl)c(Cl)c1)c1nc(-c2ccc(Cl)cc2)n(-c2ccccc2)n1. The number of rotatable bonds is 4. The second kappa shape index (κ2) is 8.25. The Balaban J connectivity index is 1.73. The Labute approximate surface area is 181 Å². The number of para-hydroxylation sites is 1. The molecule has 1 amide bonds. The number of amides is 1. The van der Waals surface area contributed by atoms with Gasteiger partial charge in [-0.2, -0.15) is 0 Å². The van der Waals surface area contributed by atoms with Gasteiger partial charge >= 0.3 is 0 Å². The molecule has 8 heteroatoms. The Morgan fingerprint density at radius 1 is 0.862 bits per heavy atom. The predicted octanol–water partition coefficient (Wildman–Crippen LogP) is 6.15. The summed E-state index contributed by atoms with van der Waals surface area (Å²) in [5, 5.41) is 8.51. The topological polar surface area (TPSA) is 59.8 Å². The van der Waals surface area contributed by atoms with Gasteiger partial charge in [-0.1, -0.05) is 53.0 Å². The normalized spacial score (nSPS) is 10.7. The zero-order valence-electron chi connectivity index (χ0n) is 14.8. The van der Waals surface area contributed by atoms with Crippen molar-refractivity contribution < 1.29 is 4.79 Å². The molecule has 4 aromatic rings. The number of hydrogen-bond acceptors (Lipinski definition) is 3. The van der Waals surface area contributed by atoms with Crippen molar-refractivity contribution in [2.75, 3.05) is 5.32 Å². The minimum Gasteiger partial charge on any atom is -0.319 e. The van der Waals surface area contributed by atoms with Gasteiger partial charge in [0, 0.05) is 16.3 Å². The Bertz CT molecular complexity index is 1170. The first-order chi connectivity index (χ1) is 14.0. The van der Waals surface area contributed by atoms with Crippen molar-refractivity contribution in [3.63, 3.8) is 0 Å². The highest BCUT2D eigenvalue weighted by molar-refractivity contribution is 6.42.